The number of ether oxygens (including phenoxy) is 1. The molecule has 2 aliphatic rings. The highest BCUT2D eigenvalue weighted by Gasteiger charge is 2.56. The van der Waals surface area contributed by atoms with Gasteiger partial charge in [-0.2, -0.15) is 0 Å². The number of β-lactam (4-membered cyclic amide) rings is 1. The molecule has 2 heterocycles. The van der Waals surface area contributed by atoms with E-state index in [1.54, 1.807) is 0 Å². The minimum atomic E-state index is -1.03. The SMILES string of the molecule is N[C@@H]1C(=O)N2C(C(=O)OC(c3ccccc3)c3ccccc3)C(O)CS[C@@H]12. The van der Waals surface area contributed by atoms with E-state index in [0.717, 1.165) is 11.1 Å². The van der Waals surface area contributed by atoms with Crippen molar-refractivity contribution in [2.24, 2.45) is 5.73 Å². The van der Waals surface area contributed by atoms with Crippen LogP contribution < -0.4 is 5.73 Å². The van der Waals surface area contributed by atoms with E-state index in [4.69, 9.17) is 10.5 Å². The second kappa shape index (κ2) is 7.34. The largest absolute Gasteiger partial charge is 0.451 e. The molecule has 6 nitrogen and oxygen atoms in total. The number of esters is 1. The lowest BCUT2D eigenvalue weighted by molar-refractivity contribution is -0.172. The summed E-state index contributed by atoms with van der Waals surface area (Å²) in [7, 11) is 0. The van der Waals surface area contributed by atoms with Gasteiger partial charge in [0.2, 0.25) is 5.91 Å². The van der Waals surface area contributed by atoms with Gasteiger partial charge in [0.05, 0.1) is 6.10 Å². The Labute approximate surface area is 161 Å². The molecule has 27 heavy (non-hydrogen) atoms. The minimum absolute atomic E-state index is 0.287. The molecule has 7 heteroatoms. The lowest BCUT2D eigenvalue weighted by Gasteiger charge is -2.52. The molecule has 4 rings (SSSR count). The van der Waals surface area contributed by atoms with Crippen molar-refractivity contribution < 1.29 is 19.4 Å². The summed E-state index contributed by atoms with van der Waals surface area (Å²) >= 11 is 1.39. The van der Waals surface area contributed by atoms with Crippen LogP contribution in [0.3, 0.4) is 0 Å². The second-order valence-corrected chi connectivity index (χ2v) is 7.80. The Balaban J connectivity index is 1.61. The Hall–Kier alpha value is -2.35. The summed E-state index contributed by atoms with van der Waals surface area (Å²) in [6.07, 6.45) is -1.60. The third-order valence-electron chi connectivity index (χ3n) is 4.90. The number of amides is 1. The molecule has 2 fully saturated rings. The highest BCUT2D eigenvalue weighted by atomic mass is 32.2. The zero-order chi connectivity index (χ0) is 19.0. The van der Waals surface area contributed by atoms with Crippen molar-refractivity contribution in [3.8, 4) is 0 Å². The van der Waals surface area contributed by atoms with E-state index in [0.29, 0.717) is 5.75 Å². The van der Waals surface area contributed by atoms with Gasteiger partial charge in [-0.1, -0.05) is 60.7 Å². The molecule has 0 radical (unpaired) electrons. The highest BCUT2D eigenvalue weighted by Crippen LogP contribution is 2.38. The molecule has 2 aromatic carbocycles. The Kier molecular flexibility index (Phi) is 4.90. The number of carbonyl (C=O) groups is 2. The quantitative estimate of drug-likeness (QED) is 0.610. The van der Waals surface area contributed by atoms with Gasteiger partial charge in [-0.05, 0) is 11.1 Å². The fourth-order valence-electron chi connectivity index (χ4n) is 3.50. The Morgan fingerprint density at radius 3 is 2.22 bits per heavy atom. The molecule has 0 aromatic heterocycles. The minimum Gasteiger partial charge on any atom is -0.451 e. The van der Waals surface area contributed by atoms with Gasteiger partial charge in [-0.3, -0.25) is 4.79 Å². The van der Waals surface area contributed by atoms with Crippen LogP contribution >= 0.6 is 11.8 Å². The number of benzene rings is 2. The molecule has 0 spiro atoms. The van der Waals surface area contributed by atoms with Crippen LogP contribution in [0.25, 0.3) is 0 Å². The molecular formula is C20H20N2O4S. The predicted octanol–water partition coefficient (Wildman–Crippen LogP) is 1.29. The average Bonchev–Trinajstić information content (AvgIpc) is 2.72. The fraction of sp³-hybridized carbons (Fsp3) is 0.300. The number of hydrogen-bond donors (Lipinski definition) is 2. The maximum Gasteiger partial charge on any atom is 0.332 e. The van der Waals surface area contributed by atoms with Gasteiger partial charge >= 0.3 is 5.97 Å². The summed E-state index contributed by atoms with van der Waals surface area (Å²) in [5, 5.41) is 10.1. The van der Waals surface area contributed by atoms with Gasteiger partial charge in [0.1, 0.15) is 11.4 Å². The lowest BCUT2D eigenvalue weighted by Crippen LogP contribution is -2.75. The van der Waals surface area contributed by atoms with Gasteiger partial charge in [0.25, 0.3) is 0 Å². The van der Waals surface area contributed by atoms with E-state index >= 15 is 0 Å². The number of aliphatic hydroxyl groups excluding tert-OH is 1. The fourth-order valence-corrected chi connectivity index (χ4v) is 4.80. The van der Waals surface area contributed by atoms with E-state index in [1.807, 2.05) is 60.7 Å². The van der Waals surface area contributed by atoms with Gasteiger partial charge in [0.15, 0.2) is 12.1 Å². The monoisotopic (exact) mass is 384 g/mol. The third-order valence-corrected chi connectivity index (χ3v) is 6.30. The first-order chi connectivity index (χ1) is 13.1. The Morgan fingerprint density at radius 1 is 1.11 bits per heavy atom. The molecule has 0 bridgehead atoms. The van der Waals surface area contributed by atoms with Gasteiger partial charge in [-0.25, -0.2) is 4.79 Å². The number of rotatable bonds is 4. The normalized spacial score (nSPS) is 27.1. The second-order valence-electron chi connectivity index (χ2n) is 6.65. The smallest absolute Gasteiger partial charge is 0.332 e. The van der Waals surface area contributed by atoms with Crippen molar-refractivity contribution in [3.63, 3.8) is 0 Å². The van der Waals surface area contributed by atoms with Crippen molar-refractivity contribution in [2.45, 2.75) is 29.7 Å². The van der Waals surface area contributed by atoms with Crippen LogP contribution in [0.2, 0.25) is 0 Å². The predicted molar refractivity (Wildman–Crippen MR) is 102 cm³/mol. The Bertz CT molecular complexity index is 793. The number of nitrogens with zero attached hydrogens (tertiary/aromatic N) is 1. The molecule has 4 atom stereocenters. The van der Waals surface area contributed by atoms with E-state index < -0.39 is 30.3 Å². The summed E-state index contributed by atoms with van der Waals surface area (Å²) in [5.41, 5.74) is 7.46. The maximum atomic E-state index is 13.0. The third kappa shape index (κ3) is 3.22. The first-order valence-corrected chi connectivity index (χ1v) is 9.80. The molecular weight excluding hydrogens is 364 g/mol. The van der Waals surface area contributed by atoms with E-state index in [-0.39, 0.29) is 11.3 Å². The summed E-state index contributed by atoms with van der Waals surface area (Å²) < 4.78 is 5.83. The van der Waals surface area contributed by atoms with Crippen LogP contribution in [0.5, 0.6) is 0 Å². The number of carbonyl (C=O) groups excluding carboxylic acids is 2. The molecule has 0 saturated carbocycles. The summed E-state index contributed by atoms with van der Waals surface area (Å²) in [5.74, 6) is -0.613. The van der Waals surface area contributed by atoms with Crippen molar-refractivity contribution in [2.75, 3.05) is 5.75 Å². The van der Waals surface area contributed by atoms with Gasteiger partial charge < -0.3 is 20.5 Å². The van der Waals surface area contributed by atoms with Crippen LogP contribution in [0.1, 0.15) is 17.2 Å². The van der Waals surface area contributed by atoms with E-state index in [2.05, 4.69) is 0 Å². The molecule has 2 unspecified atom stereocenters. The Morgan fingerprint density at radius 2 is 1.67 bits per heavy atom. The molecule has 2 aromatic rings. The van der Waals surface area contributed by atoms with Crippen LogP contribution in [0.15, 0.2) is 60.7 Å². The van der Waals surface area contributed by atoms with Crippen LogP contribution in [0.4, 0.5) is 0 Å². The number of fused-ring (bicyclic) bond motifs is 1. The number of nitrogens with two attached hydrogens (primary N) is 1. The van der Waals surface area contributed by atoms with Crippen molar-refractivity contribution in [1.29, 1.82) is 0 Å². The zero-order valence-corrected chi connectivity index (χ0v) is 15.3. The molecule has 2 saturated heterocycles. The molecule has 2 aliphatic heterocycles. The number of thioether (sulfide) groups is 1. The van der Waals surface area contributed by atoms with Crippen molar-refractivity contribution >= 4 is 23.6 Å². The summed E-state index contributed by atoms with van der Waals surface area (Å²) in [6, 6.07) is 17.1. The summed E-state index contributed by atoms with van der Waals surface area (Å²) in [6.45, 7) is 0. The topological polar surface area (TPSA) is 92.9 Å². The molecule has 1 amide bonds. The summed E-state index contributed by atoms with van der Waals surface area (Å²) in [4.78, 5) is 26.5. The van der Waals surface area contributed by atoms with E-state index in [9.17, 15) is 14.7 Å². The average molecular weight is 384 g/mol. The van der Waals surface area contributed by atoms with Crippen LogP contribution in [-0.2, 0) is 14.3 Å². The van der Waals surface area contributed by atoms with Crippen LogP contribution in [0, 0.1) is 0 Å². The van der Waals surface area contributed by atoms with Gasteiger partial charge in [0, 0.05) is 5.75 Å². The maximum absolute atomic E-state index is 13.0. The first kappa shape index (κ1) is 18.0. The molecule has 0 aliphatic carbocycles. The highest BCUT2D eigenvalue weighted by molar-refractivity contribution is 8.00. The standard InChI is InChI=1S/C20H20N2O4S/c21-15-18(24)22-16(14(23)11-27-19(15)22)20(25)26-17(12-7-3-1-4-8-12)13-9-5-2-6-10-13/h1-10,14-17,19,23H,11,21H2/t14?,15-,16?,19+/m1/s1. The zero-order valence-electron chi connectivity index (χ0n) is 14.5. The molecule has 140 valence electrons. The first-order valence-electron chi connectivity index (χ1n) is 8.75. The lowest BCUT2D eigenvalue weighted by atomic mass is 9.99. The number of aliphatic hydroxyl groups is 1. The van der Waals surface area contributed by atoms with Crippen molar-refractivity contribution in [3.05, 3.63) is 71.8 Å². The van der Waals surface area contributed by atoms with E-state index in [1.165, 1.54) is 16.7 Å². The van der Waals surface area contributed by atoms with Crippen LogP contribution in [-0.4, -0.2) is 51.2 Å². The number of hydrogen-bond acceptors (Lipinski definition) is 6. The van der Waals surface area contributed by atoms with Crippen molar-refractivity contribution in [1.82, 2.24) is 4.90 Å². The van der Waals surface area contributed by atoms with Gasteiger partial charge in [-0.15, -0.1) is 11.8 Å². The molecule has 3 N–H and O–H groups in total.